The van der Waals surface area contributed by atoms with E-state index in [0.717, 1.165) is 6.29 Å². The third-order valence-electron chi connectivity index (χ3n) is 0.615. The van der Waals surface area contributed by atoms with Gasteiger partial charge in [0.1, 0.15) is 13.0 Å². The third kappa shape index (κ3) is 5.23. The van der Waals surface area contributed by atoms with Crippen LogP contribution in [-0.2, 0) is 4.79 Å². The summed E-state index contributed by atoms with van der Waals surface area (Å²) in [5.41, 5.74) is 0. The lowest BCUT2D eigenvalue weighted by Gasteiger charge is -1.89. The van der Waals surface area contributed by atoms with Crippen molar-refractivity contribution < 1.29 is 4.79 Å². The average molecular weight is 116 g/mol. The second kappa shape index (κ2) is 6.23. The van der Waals surface area contributed by atoms with Gasteiger partial charge >= 0.3 is 0 Å². The SMILES string of the molecule is O=CCCNCN=O. The number of hydrogen-bond donors (Lipinski definition) is 1. The Morgan fingerprint density at radius 1 is 1.62 bits per heavy atom. The molecule has 1 N–H and O–H groups in total. The zero-order valence-corrected chi connectivity index (χ0v) is 4.46. The first-order chi connectivity index (χ1) is 3.91. The molecule has 0 aromatic heterocycles. The normalized spacial score (nSPS) is 8.50. The molecule has 0 rings (SSSR count). The molecule has 0 aliphatic heterocycles. The molecule has 0 bridgehead atoms. The number of carbonyl (C=O) groups is 1. The molecule has 4 heteroatoms. The van der Waals surface area contributed by atoms with Crippen LogP contribution in [0.4, 0.5) is 0 Å². The first-order valence-corrected chi connectivity index (χ1v) is 2.35. The largest absolute Gasteiger partial charge is 0.303 e. The number of hydrogen-bond acceptors (Lipinski definition) is 4. The minimum absolute atomic E-state index is 0.0911. The van der Waals surface area contributed by atoms with Gasteiger partial charge in [0.2, 0.25) is 0 Å². The molecule has 0 aromatic carbocycles. The zero-order valence-electron chi connectivity index (χ0n) is 4.46. The van der Waals surface area contributed by atoms with E-state index >= 15 is 0 Å². The minimum Gasteiger partial charge on any atom is -0.303 e. The quantitative estimate of drug-likeness (QED) is 0.309. The van der Waals surface area contributed by atoms with Crippen molar-refractivity contribution >= 4 is 6.29 Å². The zero-order chi connectivity index (χ0) is 6.24. The average Bonchev–Trinajstić information content (AvgIpc) is 1.81. The van der Waals surface area contributed by atoms with Gasteiger partial charge in [0, 0.05) is 13.0 Å². The van der Waals surface area contributed by atoms with Crippen LogP contribution in [0.1, 0.15) is 6.42 Å². The summed E-state index contributed by atoms with van der Waals surface area (Å²) in [5.74, 6) is 0. The summed E-state index contributed by atoms with van der Waals surface area (Å²) < 4.78 is 0. The molecular formula is C4H8N2O2. The van der Waals surface area contributed by atoms with Crippen molar-refractivity contribution in [3.63, 3.8) is 0 Å². The van der Waals surface area contributed by atoms with Crippen molar-refractivity contribution in [1.29, 1.82) is 0 Å². The van der Waals surface area contributed by atoms with E-state index in [9.17, 15) is 9.70 Å². The van der Waals surface area contributed by atoms with Crippen LogP contribution in [0, 0.1) is 4.91 Å². The Morgan fingerprint density at radius 2 is 2.38 bits per heavy atom. The molecule has 4 nitrogen and oxygen atoms in total. The van der Waals surface area contributed by atoms with Gasteiger partial charge in [-0.3, -0.25) is 5.32 Å². The highest BCUT2D eigenvalue weighted by Gasteiger charge is 1.80. The van der Waals surface area contributed by atoms with Gasteiger partial charge in [0.25, 0.3) is 0 Å². The highest BCUT2D eigenvalue weighted by Crippen LogP contribution is 1.65. The molecule has 0 heterocycles. The minimum atomic E-state index is 0.0911. The Balaban J connectivity index is 2.71. The van der Waals surface area contributed by atoms with Gasteiger partial charge < -0.3 is 4.79 Å². The highest BCUT2D eigenvalue weighted by atomic mass is 16.3. The van der Waals surface area contributed by atoms with Crippen LogP contribution in [0.3, 0.4) is 0 Å². The summed E-state index contributed by atoms with van der Waals surface area (Å²) >= 11 is 0. The molecule has 0 unspecified atom stereocenters. The molecule has 0 saturated heterocycles. The van der Waals surface area contributed by atoms with Crippen molar-refractivity contribution in [3.05, 3.63) is 4.91 Å². The highest BCUT2D eigenvalue weighted by molar-refractivity contribution is 5.49. The Kier molecular flexibility index (Phi) is 5.63. The molecule has 0 saturated carbocycles. The summed E-state index contributed by atoms with van der Waals surface area (Å²) in [6.07, 6.45) is 1.23. The van der Waals surface area contributed by atoms with E-state index in [1.54, 1.807) is 0 Å². The molecule has 0 radical (unpaired) electrons. The fraction of sp³-hybridized carbons (Fsp3) is 0.750. The summed E-state index contributed by atoms with van der Waals surface area (Å²) in [6.45, 7) is 0.628. The lowest BCUT2D eigenvalue weighted by atomic mass is 10.5. The molecule has 0 aliphatic carbocycles. The standard InChI is InChI=1S/C4H8N2O2/c7-3-1-2-5-4-6-8/h3,5H,1-2,4H2. The van der Waals surface area contributed by atoms with E-state index in [-0.39, 0.29) is 6.67 Å². The summed E-state index contributed by atoms with van der Waals surface area (Å²) in [6, 6.07) is 0. The molecule has 0 fully saturated rings. The van der Waals surface area contributed by atoms with E-state index in [1.165, 1.54) is 0 Å². The maximum absolute atomic E-state index is 9.62. The Hall–Kier alpha value is -0.770. The molecule has 8 heavy (non-hydrogen) atoms. The first-order valence-electron chi connectivity index (χ1n) is 2.35. The number of nitrogens with zero attached hydrogens (tertiary/aromatic N) is 1. The van der Waals surface area contributed by atoms with Crippen molar-refractivity contribution in [2.24, 2.45) is 5.18 Å². The smallest absolute Gasteiger partial charge is 0.131 e. The maximum atomic E-state index is 9.62. The second-order valence-corrected chi connectivity index (χ2v) is 1.24. The molecule has 0 aliphatic rings. The van der Waals surface area contributed by atoms with Crippen LogP contribution in [-0.4, -0.2) is 19.5 Å². The molecular weight excluding hydrogens is 108 g/mol. The maximum Gasteiger partial charge on any atom is 0.131 e. The van der Waals surface area contributed by atoms with Gasteiger partial charge in [0.15, 0.2) is 0 Å². The van der Waals surface area contributed by atoms with Gasteiger partial charge in [-0.15, -0.1) is 4.91 Å². The third-order valence-corrected chi connectivity index (χ3v) is 0.615. The van der Waals surface area contributed by atoms with Crippen molar-refractivity contribution in [2.75, 3.05) is 13.2 Å². The van der Waals surface area contributed by atoms with Crippen molar-refractivity contribution in [1.82, 2.24) is 5.32 Å². The molecule has 0 atom stereocenters. The van der Waals surface area contributed by atoms with Gasteiger partial charge in [-0.25, -0.2) is 0 Å². The van der Waals surface area contributed by atoms with E-state index in [4.69, 9.17) is 0 Å². The van der Waals surface area contributed by atoms with Crippen LogP contribution < -0.4 is 5.32 Å². The van der Waals surface area contributed by atoms with E-state index < -0.39 is 0 Å². The van der Waals surface area contributed by atoms with Gasteiger partial charge in [0.05, 0.1) is 0 Å². The predicted molar refractivity (Wildman–Crippen MR) is 29.3 cm³/mol. The Bertz CT molecular complexity index is 64.4. The predicted octanol–water partition coefficient (Wildman–Crippen LogP) is -0.111. The van der Waals surface area contributed by atoms with Crippen LogP contribution in [0.5, 0.6) is 0 Å². The summed E-state index contributed by atoms with van der Waals surface area (Å²) in [4.78, 5) is 19.0. The Morgan fingerprint density at radius 3 is 2.88 bits per heavy atom. The van der Waals surface area contributed by atoms with Gasteiger partial charge in [-0.2, -0.15) is 0 Å². The Labute approximate surface area is 47.2 Å². The van der Waals surface area contributed by atoms with Gasteiger partial charge in [-0.1, -0.05) is 5.18 Å². The second-order valence-electron chi connectivity index (χ2n) is 1.24. The van der Waals surface area contributed by atoms with E-state index in [0.29, 0.717) is 13.0 Å². The van der Waals surface area contributed by atoms with E-state index in [2.05, 4.69) is 10.5 Å². The number of rotatable bonds is 5. The van der Waals surface area contributed by atoms with Gasteiger partial charge in [-0.05, 0) is 0 Å². The number of carbonyl (C=O) groups excluding carboxylic acids is 1. The molecule has 0 aromatic rings. The van der Waals surface area contributed by atoms with Crippen LogP contribution in [0.15, 0.2) is 5.18 Å². The lowest BCUT2D eigenvalue weighted by molar-refractivity contribution is -0.107. The van der Waals surface area contributed by atoms with Crippen LogP contribution >= 0.6 is 0 Å². The fourth-order valence-corrected chi connectivity index (χ4v) is 0.286. The number of nitroso groups, excluding NO2 is 1. The van der Waals surface area contributed by atoms with Crippen LogP contribution in [0.25, 0.3) is 0 Å². The summed E-state index contributed by atoms with van der Waals surface area (Å²) in [7, 11) is 0. The molecule has 0 spiro atoms. The van der Waals surface area contributed by atoms with Crippen molar-refractivity contribution in [3.8, 4) is 0 Å². The first kappa shape index (κ1) is 7.23. The molecule has 46 valence electrons. The number of aldehydes is 1. The topological polar surface area (TPSA) is 58.5 Å². The van der Waals surface area contributed by atoms with Crippen molar-refractivity contribution in [2.45, 2.75) is 6.42 Å². The summed E-state index contributed by atoms with van der Waals surface area (Å²) in [5, 5.41) is 5.16. The lowest BCUT2D eigenvalue weighted by Crippen LogP contribution is -2.14. The van der Waals surface area contributed by atoms with Crippen LogP contribution in [0.2, 0.25) is 0 Å². The number of nitrogens with one attached hydrogen (secondary N) is 1. The molecule has 0 amide bonds. The van der Waals surface area contributed by atoms with E-state index in [1.807, 2.05) is 0 Å². The fourth-order valence-electron chi connectivity index (χ4n) is 0.286. The monoisotopic (exact) mass is 116 g/mol.